The summed E-state index contributed by atoms with van der Waals surface area (Å²) in [5.41, 5.74) is 6.61. The van der Waals surface area contributed by atoms with Gasteiger partial charge in [-0.1, -0.05) is 60.7 Å². The molecule has 6 rings (SSSR count). The maximum Gasteiger partial charge on any atom is 0.343 e. The standard InChI is InChI=1S/C26H18N2O2/c1-28-21-14-8-7-13-19(21)22-24(30-26(29)16-9-3-2-4-10-16)20-15-17-11-5-6-12-18(17)23(20)27-25(22)28/h2-14H,15H2,1H3. The Morgan fingerprint density at radius 3 is 2.53 bits per heavy atom. The van der Waals surface area contributed by atoms with Crippen molar-refractivity contribution in [2.45, 2.75) is 6.42 Å². The number of esters is 1. The normalized spacial score (nSPS) is 12.2. The summed E-state index contributed by atoms with van der Waals surface area (Å²) in [6, 6.07) is 25.5. The van der Waals surface area contributed by atoms with Crippen molar-refractivity contribution in [3.05, 3.63) is 95.6 Å². The number of para-hydroxylation sites is 1. The van der Waals surface area contributed by atoms with Crippen LogP contribution < -0.4 is 4.74 Å². The lowest BCUT2D eigenvalue weighted by Gasteiger charge is -2.12. The summed E-state index contributed by atoms with van der Waals surface area (Å²) >= 11 is 0. The van der Waals surface area contributed by atoms with E-state index >= 15 is 0 Å². The van der Waals surface area contributed by atoms with E-state index in [0.717, 1.165) is 38.8 Å². The molecule has 1 aliphatic rings. The summed E-state index contributed by atoms with van der Waals surface area (Å²) in [6.45, 7) is 0. The monoisotopic (exact) mass is 390 g/mol. The summed E-state index contributed by atoms with van der Waals surface area (Å²) < 4.78 is 8.19. The molecule has 1 aliphatic carbocycles. The van der Waals surface area contributed by atoms with E-state index in [0.29, 0.717) is 17.7 Å². The molecule has 0 bridgehead atoms. The summed E-state index contributed by atoms with van der Waals surface area (Å²) in [7, 11) is 2.01. The SMILES string of the molecule is Cn1c2ccccc2c2c(OC(=O)c3ccccc3)c3c(nc21)-c1ccccc1C3. The van der Waals surface area contributed by atoms with E-state index in [4.69, 9.17) is 9.72 Å². The van der Waals surface area contributed by atoms with E-state index in [1.165, 1.54) is 5.56 Å². The smallest absolute Gasteiger partial charge is 0.343 e. The van der Waals surface area contributed by atoms with Crippen LogP contribution in [0.25, 0.3) is 33.2 Å². The van der Waals surface area contributed by atoms with Gasteiger partial charge in [0, 0.05) is 30.0 Å². The van der Waals surface area contributed by atoms with Crippen LogP contribution in [0.15, 0.2) is 78.9 Å². The third-order valence-electron chi connectivity index (χ3n) is 5.92. The van der Waals surface area contributed by atoms with Crippen molar-refractivity contribution < 1.29 is 9.53 Å². The lowest BCUT2D eigenvalue weighted by Crippen LogP contribution is -2.10. The fourth-order valence-electron chi connectivity index (χ4n) is 4.49. The first-order valence-corrected chi connectivity index (χ1v) is 9.98. The third-order valence-corrected chi connectivity index (χ3v) is 5.92. The van der Waals surface area contributed by atoms with Crippen molar-refractivity contribution in [2.24, 2.45) is 7.05 Å². The molecule has 5 aromatic rings. The number of fused-ring (bicyclic) bond motifs is 6. The molecule has 3 aromatic carbocycles. The Bertz CT molecular complexity index is 1470. The lowest BCUT2D eigenvalue weighted by molar-refractivity contribution is 0.0736. The minimum atomic E-state index is -0.353. The number of aryl methyl sites for hydroxylation is 1. The summed E-state index contributed by atoms with van der Waals surface area (Å²) in [6.07, 6.45) is 0.703. The van der Waals surface area contributed by atoms with Crippen LogP contribution in [0, 0.1) is 0 Å². The van der Waals surface area contributed by atoms with Crippen molar-refractivity contribution in [1.82, 2.24) is 9.55 Å². The number of hydrogen-bond acceptors (Lipinski definition) is 3. The molecule has 2 aromatic heterocycles. The number of nitrogens with zero attached hydrogens (tertiary/aromatic N) is 2. The highest BCUT2D eigenvalue weighted by atomic mass is 16.5. The highest BCUT2D eigenvalue weighted by Crippen LogP contribution is 2.46. The van der Waals surface area contributed by atoms with Crippen LogP contribution in [0.1, 0.15) is 21.5 Å². The zero-order valence-corrected chi connectivity index (χ0v) is 16.4. The topological polar surface area (TPSA) is 44.1 Å². The first-order valence-electron chi connectivity index (χ1n) is 9.98. The van der Waals surface area contributed by atoms with Gasteiger partial charge in [-0.25, -0.2) is 9.78 Å². The second kappa shape index (κ2) is 6.29. The second-order valence-electron chi connectivity index (χ2n) is 7.63. The van der Waals surface area contributed by atoms with E-state index in [1.807, 2.05) is 49.5 Å². The maximum absolute atomic E-state index is 13.0. The van der Waals surface area contributed by atoms with Crippen LogP contribution in [-0.4, -0.2) is 15.5 Å². The molecule has 0 fully saturated rings. The molecule has 0 saturated carbocycles. The molecule has 0 spiro atoms. The van der Waals surface area contributed by atoms with E-state index < -0.39 is 0 Å². The molecule has 0 radical (unpaired) electrons. The highest BCUT2D eigenvalue weighted by molar-refractivity contribution is 6.12. The van der Waals surface area contributed by atoms with Gasteiger partial charge in [-0.2, -0.15) is 0 Å². The Morgan fingerprint density at radius 1 is 0.933 bits per heavy atom. The minimum Gasteiger partial charge on any atom is -0.422 e. The Hall–Kier alpha value is -3.92. The number of aromatic nitrogens is 2. The van der Waals surface area contributed by atoms with Crippen LogP contribution in [0.4, 0.5) is 0 Å². The molecule has 0 atom stereocenters. The molecular formula is C26H18N2O2. The van der Waals surface area contributed by atoms with Crippen molar-refractivity contribution in [3.63, 3.8) is 0 Å². The predicted molar refractivity (Wildman–Crippen MR) is 118 cm³/mol. The summed E-state index contributed by atoms with van der Waals surface area (Å²) in [4.78, 5) is 18.1. The summed E-state index contributed by atoms with van der Waals surface area (Å²) in [5.74, 6) is 0.269. The Morgan fingerprint density at radius 2 is 1.67 bits per heavy atom. The van der Waals surface area contributed by atoms with Crippen LogP contribution >= 0.6 is 0 Å². The van der Waals surface area contributed by atoms with Crippen molar-refractivity contribution in [3.8, 4) is 17.0 Å². The average Bonchev–Trinajstić information content (AvgIpc) is 3.30. The fraction of sp³-hybridized carbons (Fsp3) is 0.0769. The minimum absolute atomic E-state index is 0.353. The highest BCUT2D eigenvalue weighted by Gasteiger charge is 2.29. The van der Waals surface area contributed by atoms with Crippen molar-refractivity contribution in [1.29, 1.82) is 0 Å². The van der Waals surface area contributed by atoms with E-state index in [9.17, 15) is 4.79 Å². The molecule has 0 aliphatic heterocycles. The number of hydrogen-bond donors (Lipinski definition) is 0. The number of carbonyl (C=O) groups is 1. The maximum atomic E-state index is 13.0. The van der Waals surface area contributed by atoms with Gasteiger partial charge in [0.05, 0.1) is 22.2 Å². The van der Waals surface area contributed by atoms with E-state index in [2.05, 4.69) is 28.8 Å². The Labute approximate surface area is 173 Å². The van der Waals surface area contributed by atoms with Gasteiger partial charge in [-0.3, -0.25) is 0 Å². The third kappa shape index (κ3) is 2.34. The summed E-state index contributed by atoms with van der Waals surface area (Å²) in [5, 5.41) is 1.93. The van der Waals surface area contributed by atoms with Gasteiger partial charge in [-0.15, -0.1) is 0 Å². The Kier molecular flexibility index (Phi) is 3.56. The van der Waals surface area contributed by atoms with Crippen LogP contribution in [-0.2, 0) is 13.5 Å². The van der Waals surface area contributed by atoms with Gasteiger partial charge < -0.3 is 9.30 Å². The van der Waals surface area contributed by atoms with Gasteiger partial charge >= 0.3 is 5.97 Å². The van der Waals surface area contributed by atoms with Crippen LogP contribution in [0.3, 0.4) is 0 Å². The molecule has 0 unspecified atom stereocenters. The fourth-order valence-corrected chi connectivity index (χ4v) is 4.49. The lowest BCUT2D eigenvalue weighted by atomic mass is 10.1. The first kappa shape index (κ1) is 17.0. The first-order chi connectivity index (χ1) is 14.7. The Balaban J connectivity index is 1.66. The zero-order chi connectivity index (χ0) is 20.2. The molecule has 2 heterocycles. The average molecular weight is 390 g/mol. The molecule has 0 saturated heterocycles. The van der Waals surface area contributed by atoms with Gasteiger partial charge in [-0.05, 0) is 23.8 Å². The number of carbonyl (C=O) groups excluding carboxylic acids is 1. The zero-order valence-electron chi connectivity index (χ0n) is 16.4. The van der Waals surface area contributed by atoms with Gasteiger partial charge in [0.2, 0.25) is 0 Å². The molecule has 30 heavy (non-hydrogen) atoms. The largest absolute Gasteiger partial charge is 0.422 e. The predicted octanol–water partition coefficient (Wildman–Crippen LogP) is 5.52. The number of benzene rings is 3. The van der Waals surface area contributed by atoms with Gasteiger partial charge in [0.1, 0.15) is 11.4 Å². The molecule has 144 valence electrons. The number of ether oxygens (including phenoxy) is 1. The quantitative estimate of drug-likeness (QED) is 0.366. The number of pyridine rings is 1. The van der Waals surface area contributed by atoms with Crippen LogP contribution in [0.2, 0.25) is 0 Å². The van der Waals surface area contributed by atoms with E-state index in [1.54, 1.807) is 12.1 Å². The van der Waals surface area contributed by atoms with Gasteiger partial charge in [0.15, 0.2) is 0 Å². The van der Waals surface area contributed by atoms with Crippen molar-refractivity contribution >= 4 is 27.9 Å². The molecular weight excluding hydrogens is 372 g/mol. The second-order valence-corrected chi connectivity index (χ2v) is 7.63. The van der Waals surface area contributed by atoms with E-state index in [-0.39, 0.29) is 5.97 Å². The molecule has 4 nitrogen and oxygen atoms in total. The van der Waals surface area contributed by atoms with Crippen LogP contribution in [0.5, 0.6) is 5.75 Å². The van der Waals surface area contributed by atoms with Gasteiger partial charge in [0.25, 0.3) is 0 Å². The molecule has 0 N–H and O–H groups in total. The molecule has 0 amide bonds. The molecule has 4 heteroatoms. The number of rotatable bonds is 2. The van der Waals surface area contributed by atoms with Crippen molar-refractivity contribution in [2.75, 3.05) is 0 Å².